The maximum atomic E-state index is 12.4. The first kappa shape index (κ1) is 17.3. The van der Waals surface area contributed by atoms with Crippen molar-refractivity contribution in [3.63, 3.8) is 0 Å². The van der Waals surface area contributed by atoms with Gasteiger partial charge in [-0.15, -0.1) is 0 Å². The van der Waals surface area contributed by atoms with Crippen molar-refractivity contribution in [2.45, 2.75) is 32.7 Å². The summed E-state index contributed by atoms with van der Waals surface area (Å²) in [5.74, 6) is 0.187. The molecule has 0 atom stereocenters. The number of aromatic nitrogens is 1. The summed E-state index contributed by atoms with van der Waals surface area (Å²) >= 11 is 0. The molecule has 3 aromatic rings. The second-order valence-corrected chi connectivity index (χ2v) is 7.04. The number of carbonyl (C=O) groups is 2. The van der Waals surface area contributed by atoms with Crippen LogP contribution in [-0.4, -0.2) is 23.3 Å². The van der Waals surface area contributed by atoms with Crippen LogP contribution in [0.3, 0.4) is 0 Å². The number of para-hydroxylation sites is 1. The molecule has 1 fully saturated rings. The molecule has 2 amide bonds. The van der Waals surface area contributed by atoms with Crippen LogP contribution in [0.15, 0.2) is 48.5 Å². The number of aryl methyl sites for hydroxylation is 1. The number of benzene rings is 2. The number of rotatable bonds is 5. The van der Waals surface area contributed by atoms with Crippen molar-refractivity contribution in [2.75, 3.05) is 11.4 Å². The molecular weight excluding hydrogens is 338 g/mol. The number of hydrogen-bond donors (Lipinski definition) is 2. The van der Waals surface area contributed by atoms with Crippen LogP contribution in [0.2, 0.25) is 0 Å². The molecule has 2 heterocycles. The van der Waals surface area contributed by atoms with Crippen molar-refractivity contribution in [3.8, 4) is 0 Å². The SMILES string of the molecule is Cc1[nH]c2ccccc2c1CC(=O)NCc1ccc(N2CCCC2=O)cc1. The van der Waals surface area contributed by atoms with Crippen LogP contribution < -0.4 is 10.2 Å². The number of nitrogens with zero attached hydrogens (tertiary/aromatic N) is 1. The van der Waals surface area contributed by atoms with Gasteiger partial charge < -0.3 is 15.2 Å². The van der Waals surface area contributed by atoms with Crippen molar-refractivity contribution in [1.29, 1.82) is 0 Å². The highest BCUT2D eigenvalue weighted by molar-refractivity contribution is 5.95. The second-order valence-electron chi connectivity index (χ2n) is 7.04. The molecule has 0 saturated carbocycles. The van der Waals surface area contributed by atoms with Crippen molar-refractivity contribution in [1.82, 2.24) is 10.3 Å². The quantitative estimate of drug-likeness (QED) is 0.731. The van der Waals surface area contributed by atoms with Gasteiger partial charge in [0, 0.05) is 41.8 Å². The van der Waals surface area contributed by atoms with E-state index in [2.05, 4.69) is 10.3 Å². The predicted molar refractivity (Wildman–Crippen MR) is 107 cm³/mol. The van der Waals surface area contributed by atoms with E-state index in [1.165, 1.54) is 0 Å². The predicted octanol–water partition coefficient (Wildman–Crippen LogP) is 3.46. The minimum Gasteiger partial charge on any atom is -0.358 e. The molecule has 27 heavy (non-hydrogen) atoms. The topological polar surface area (TPSA) is 65.2 Å². The van der Waals surface area contributed by atoms with Gasteiger partial charge in [0.25, 0.3) is 0 Å². The van der Waals surface area contributed by atoms with Gasteiger partial charge in [-0.3, -0.25) is 9.59 Å². The number of H-pyrrole nitrogens is 1. The van der Waals surface area contributed by atoms with Gasteiger partial charge in [0.15, 0.2) is 0 Å². The molecule has 0 unspecified atom stereocenters. The molecule has 2 N–H and O–H groups in total. The number of amides is 2. The lowest BCUT2D eigenvalue weighted by Crippen LogP contribution is -2.25. The van der Waals surface area contributed by atoms with Crippen molar-refractivity contribution in [2.24, 2.45) is 0 Å². The fraction of sp³-hybridized carbons (Fsp3) is 0.273. The van der Waals surface area contributed by atoms with E-state index in [1.807, 2.05) is 60.4 Å². The van der Waals surface area contributed by atoms with Crippen LogP contribution in [0.1, 0.15) is 29.7 Å². The van der Waals surface area contributed by atoms with Crippen LogP contribution >= 0.6 is 0 Å². The molecule has 5 heteroatoms. The summed E-state index contributed by atoms with van der Waals surface area (Å²) in [7, 11) is 0. The van der Waals surface area contributed by atoms with Crippen LogP contribution in [0.5, 0.6) is 0 Å². The van der Waals surface area contributed by atoms with Crippen molar-refractivity contribution >= 4 is 28.4 Å². The third-order valence-electron chi connectivity index (χ3n) is 5.18. The van der Waals surface area contributed by atoms with E-state index in [9.17, 15) is 9.59 Å². The first-order valence-corrected chi connectivity index (χ1v) is 9.34. The number of hydrogen-bond acceptors (Lipinski definition) is 2. The van der Waals surface area contributed by atoms with Gasteiger partial charge >= 0.3 is 0 Å². The third kappa shape index (κ3) is 3.58. The molecule has 138 valence electrons. The molecule has 1 aromatic heterocycles. The van der Waals surface area contributed by atoms with Crippen LogP contribution in [-0.2, 0) is 22.6 Å². The van der Waals surface area contributed by atoms with Gasteiger partial charge in [0.1, 0.15) is 0 Å². The number of anilines is 1. The van der Waals surface area contributed by atoms with Gasteiger partial charge in [-0.05, 0) is 42.7 Å². The summed E-state index contributed by atoms with van der Waals surface area (Å²) < 4.78 is 0. The van der Waals surface area contributed by atoms with Gasteiger partial charge in [-0.2, -0.15) is 0 Å². The van der Waals surface area contributed by atoms with Crippen molar-refractivity contribution < 1.29 is 9.59 Å². The zero-order chi connectivity index (χ0) is 18.8. The number of nitrogens with one attached hydrogen (secondary N) is 2. The fourth-order valence-electron chi connectivity index (χ4n) is 3.70. The summed E-state index contributed by atoms with van der Waals surface area (Å²) in [5.41, 5.74) is 5.10. The molecule has 5 nitrogen and oxygen atoms in total. The standard InChI is InChI=1S/C22H23N3O2/c1-15-19(18-5-2-3-6-20(18)24-15)13-21(26)23-14-16-8-10-17(11-9-16)25-12-4-7-22(25)27/h2-3,5-6,8-11,24H,4,7,12-14H2,1H3,(H,23,26). The Morgan fingerprint density at radius 1 is 1.15 bits per heavy atom. The lowest BCUT2D eigenvalue weighted by molar-refractivity contribution is -0.120. The first-order valence-electron chi connectivity index (χ1n) is 9.34. The summed E-state index contributed by atoms with van der Waals surface area (Å²) in [5, 5.41) is 4.10. The van der Waals surface area contributed by atoms with E-state index in [0.29, 0.717) is 19.4 Å². The average Bonchev–Trinajstić information content (AvgIpc) is 3.24. The average molecular weight is 361 g/mol. The molecule has 4 rings (SSSR count). The molecular formula is C22H23N3O2. The van der Waals surface area contributed by atoms with Crippen LogP contribution in [0.25, 0.3) is 10.9 Å². The smallest absolute Gasteiger partial charge is 0.227 e. The van der Waals surface area contributed by atoms with E-state index >= 15 is 0 Å². The van der Waals surface area contributed by atoms with Gasteiger partial charge in [-0.1, -0.05) is 30.3 Å². The molecule has 0 aliphatic carbocycles. The molecule has 2 aromatic carbocycles. The lowest BCUT2D eigenvalue weighted by Gasteiger charge is -2.16. The Labute approximate surface area is 158 Å². The van der Waals surface area contributed by atoms with E-state index in [1.54, 1.807) is 0 Å². The Morgan fingerprint density at radius 3 is 2.67 bits per heavy atom. The molecule has 1 saturated heterocycles. The Morgan fingerprint density at radius 2 is 1.93 bits per heavy atom. The van der Waals surface area contributed by atoms with E-state index in [4.69, 9.17) is 0 Å². The highest BCUT2D eigenvalue weighted by Crippen LogP contribution is 2.23. The summed E-state index contributed by atoms with van der Waals surface area (Å²) in [6.07, 6.45) is 1.91. The van der Waals surface area contributed by atoms with Crippen LogP contribution in [0, 0.1) is 6.92 Å². The summed E-state index contributed by atoms with van der Waals surface area (Å²) in [6.45, 7) is 3.27. The number of aromatic amines is 1. The molecule has 1 aliphatic heterocycles. The van der Waals surface area contributed by atoms with Crippen molar-refractivity contribution in [3.05, 3.63) is 65.4 Å². The van der Waals surface area contributed by atoms with E-state index in [-0.39, 0.29) is 11.8 Å². The second kappa shape index (κ2) is 7.27. The Kier molecular flexibility index (Phi) is 4.67. The van der Waals surface area contributed by atoms with Gasteiger partial charge in [0.05, 0.1) is 6.42 Å². The minimum absolute atomic E-state index is 0.00153. The van der Waals surface area contributed by atoms with E-state index in [0.717, 1.165) is 46.4 Å². The minimum atomic E-state index is 0.00153. The highest BCUT2D eigenvalue weighted by Gasteiger charge is 2.21. The normalized spacial score (nSPS) is 14.1. The molecule has 0 bridgehead atoms. The van der Waals surface area contributed by atoms with E-state index < -0.39 is 0 Å². The number of carbonyl (C=O) groups excluding carboxylic acids is 2. The fourth-order valence-corrected chi connectivity index (χ4v) is 3.70. The monoisotopic (exact) mass is 361 g/mol. The number of fused-ring (bicyclic) bond motifs is 1. The Hall–Kier alpha value is -3.08. The maximum absolute atomic E-state index is 12.4. The molecule has 0 radical (unpaired) electrons. The zero-order valence-electron chi connectivity index (χ0n) is 15.4. The molecule has 1 aliphatic rings. The summed E-state index contributed by atoms with van der Waals surface area (Å²) in [6, 6.07) is 15.9. The van der Waals surface area contributed by atoms with Gasteiger partial charge in [-0.25, -0.2) is 0 Å². The summed E-state index contributed by atoms with van der Waals surface area (Å²) in [4.78, 5) is 29.4. The highest BCUT2D eigenvalue weighted by atomic mass is 16.2. The Bertz CT molecular complexity index is 988. The first-order chi connectivity index (χ1) is 13.1. The largest absolute Gasteiger partial charge is 0.358 e. The molecule has 0 spiro atoms. The zero-order valence-corrected chi connectivity index (χ0v) is 15.4. The van der Waals surface area contributed by atoms with Crippen LogP contribution in [0.4, 0.5) is 5.69 Å². The lowest BCUT2D eigenvalue weighted by atomic mass is 10.1. The Balaban J connectivity index is 1.37. The third-order valence-corrected chi connectivity index (χ3v) is 5.18. The van der Waals surface area contributed by atoms with Gasteiger partial charge in [0.2, 0.25) is 11.8 Å². The maximum Gasteiger partial charge on any atom is 0.227 e.